The smallest absolute Gasteiger partial charge is 0.185 e. The van der Waals surface area contributed by atoms with E-state index in [1.165, 1.54) is 0 Å². The predicted molar refractivity (Wildman–Crippen MR) is 104 cm³/mol. The minimum Gasteiger partial charge on any atom is -0.289 e. The van der Waals surface area contributed by atoms with E-state index in [0.29, 0.717) is 5.92 Å². The number of hydrogen-bond donors (Lipinski definition) is 0. The number of Topliss-reactive ketones (excluding diaryl/α,β-unsaturated/α-hetero) is 1. The van der Waals surface area contributed by atoms with Crippen LogP contribution >= 0.6 is 0 Å². The molecule has 5 nitrogen and oxygen atoms in total. The minimum absolute atomic E-state index is 0.154. The van der Waals surface area contributed by atoms with Gasteiger partial charge in [0.1, 0.15) is 0 Å². The van der Waals surface area contributed by atoms with E-state index < -0.39 is 0 Å². The van der Waals surface area contributed by atoms with E-state index in [1.54, 1.807) is 21.8 Å². The van der Waals surface area contributed by atoms with Crippen molar-refractivity contribution in [2.45, 2.75) is 40.0 Å². The van der Waals surface area contributed by atoms with Gasteiger partial charge in [0.05, 0.1) is 12.4 Å². The third-order valence-electron chi connectivity index (χ3n) is 5.66. The van der Waals surface area contributed by atoms with Gasteiger partial charge in [-0.3, -0.25) is 14.2 Å². The van der Waals surface area contributed by atoms with Gasteiger partial charge < -0.3 is 0 Å². The first-order valence-corrected chi connectivity index (χ1v) is 9.21. The van der Waals surface area contributed by atoms with Crippen LogP contribution in [0, 0.1) is 11.3 Å². The van der Waals surface area contributed by atoms with Crippen LogP contribution in [0.15, 0.2) is 35.9 Å². The molecule has 1 saturated carbocycles. The molecule has 2 aromatic heterocycles. The third-order valence-corrected chi connectivity index (χ3v) is 5.66. The lowest BCUT2D eigenvalue weighted by atomic mass is 9.66. The molecule has 0 unspecified atom stereocenters. The molecule has 2 aromatic rings. The van der Waals surface area contributed by atoms with Gasteiger partial charge in [0.15, 0.2) is 5.78 Å². The highest BCUT2D eigenvalue weighted by atomic mass is 16.1. The molecular weight excluding hydrogens is 324 g/mol. The summed E-state index contributed by atoms with van der Waals surface area (Å²) in [5.74, 6) is 0.594. The maximum atomic E-state index is 13.1. The highest BCUT2D eigenvalue weighted by Crippen LogP contribution is 2.43. The summed E-state index contributed by atoms with van der Waals surface area (Å²) in [6.07, 6.45) is 14.2. The van der Waals surface area contributed by atoms with Crippen LogP contribution in [0.5, 0.6) is 0 Å². The Balaban J connectivity index is 1.99. The van der Waals surface area contributed by atoms with Crippen LogP contribution in [0.2, 0.25) is 0 Å². The molecule has 0 N–H and O–H groups in total. The molecule has 5 heteroatoms. The molecule has 0 amide bonds. The lowest BCUT2D eigenvalue weighted by Crippen LogP contribution is -2.30. The normalized spacial score (nSPS) is 21.7. The molecule has 138 valence electrons. The van der Waals surface area contributed by atoms with Crippen LogP contribution < -0.4 is 0 Å². The van der Waals surface area contributed by atoms with Crippen LogP contribution in [-0.2, 0) is 18.9 Å². The molecular formula is C21H28N4O. The first kappa shape index (κ1) is 18.4. The Labute approximate surface area is 155 Å². The van der Waals surface area contributed by atoms with Gasteiger partial charge in [-0.2, -0.15) is 10.2 Å². The van der Waals surface area contributed by atoms with E-state index in [1.807, 2.05) is 38.6 Å². The molecule has 0 aliphatic heterocycles. The molecule has 2 heterocycles. The molecule has 0 radical (unpaired) electrons. The topological polar surface area (TPSA) is 52.7 Å². The van der Waals surface area contributed by atoms with Crippen molar-refractivity contribution in [2.24, 2.45) is 25.4 Å². The first-order chi connectivity index (χ1) is 12.3. The summed E-state index contributed by atoms with van der Waals surface area (Å²) >= 11 is 0. The van der Waals surface area contributed by atoms with Gasteiger partial charge in [-0.15, -0.1) is 0 Å². The van der Waals surface area contributed by atoms with Crippen molar-refractivity contribution in [3.05, 3.63) is 47.1 Å². The summed E-state index contributed by atoms with van der Waals surface area (Å²) < 4.78 is 3.53. The van der Waals surface area contributed by atoms with Crippen molar-refractivity contribution >= 4 is 17.9 Å². The third kappa shape index (κ3) is 3.87. The summed E-state index contributed by atoms with van der Waals surface area (Å²) in [7, 11) is 3.78. The Morgan fingerprint density at radius 3 is 1.85 bits per heavy atom. The zero-order valence-electron chi connectivity index (χ0n) is 16.4. The number of ketones is 1. The number of aromatic nitrogens is 4. The first-order valence-electron chi connectivity index (χ1n) is 9.21. The Morgan fingerprint density at radius 2 is 1.50 bits per heavy atom. The van der Waals surface area contributed by atoms with Crippen LogP contribution in [0.4, 0.5) is 0 Å². The number of aryl methyl sites for hydroxylation is 2. The number of carbonyl (C=O) groups is 1. The molecule has 0 spiro atoms. The van der Waals surface area contributed by atoms with Crippen LogP contribution in [0.3, 0.4) is 0 Å². The fourth-order valence-electron chi connectivity index (χ4n) is 3.52. The predicted octanol–water partition coefficient (Wildman–Crippen LogP) is 4.04. The summed E-state index contributed by atoms with van der Waals surface area (Å²) in [5, 5.41) is 8.43. The fourth-order valence-corrected chi connectivity index (χ4v) is 3.52. The SMILES string of the molecule is CCC(C)(C)C1CC(=Cc2cnn(C)c2)C(=O)C(=Cc2cnn(C)c2)C1. The largest absolute Gasteiger partial charge is 0.289 e. The standard InChI is InChI=1S/C21H28N4O/c1-6-21(2,3)19-9-17(7-15-11-22-24(4)13-15)20(26)18(10-19)8-16-12-23-25(5)14-16/h7-8,11-14,19H,6,9-10H2,1-5H3. The fraction of sp³-hybridized carbons (Fsp3) is 0.476. The summed E-state index contributed by atoms with van der Waals surface area (Å²) in [6, 6.07) is 0. The average molecular weight is 352 g/mol. The molecule has 0 atom stereocenters. The Bertz CT molecular complexity index is 804. The number of hydrogen-bond acceptors (Lipinski definition) is 3. The van der Waals surface area contributed by atoms with Crippen molar-refractivity contribution in [1.29, 1.82) is 0 Å². The van der Waals surface area contributed by atoms with Gasteiger partial charge in [-0.1, -0.05) is 27.2 Å². The van der Waals surface area contributed by atoms with E-state index in [9.17, 15) is 4.79 Å². The number of allylic oxidation sites excluding steroid dienone is 2. The van der Waals surface area contributed by atoms with Crippen LogP contribution in [0.1, 0.15) is 51.2 Å². The van der Waals surface area contributed by atoms with Crippen molar-refractivity contribution < 1.29 is 4.79 Å². The molecule has 1 aliphatic carbocycles. The number of rotatable bonds is 4. The minimum atomic E-state index is 0.154. The molecule has 26 heavy (non-hydrogen) atoms. The number of nitrogens with zero attached hydrogens (tertiary/aromatic N) is 4. The highest BCUT2D eigenvalue weighted by Gasteiger charge is 2.36. The second kappa shape index (κ2) is 7.06. The zero-order chi connectivity index (χ0) is 18.9. The second-order valence-corrected chi connectivity index (χ2v) is 8.01. The average Bonchev–Trinajstić information content (AvgIpc) is 3.19. The highest BCUT2D eigenvalue weighted by molar-refractivity contribution is 6.14. The lowest BCUT2D eigenvalue weighted by Gasteiger charge is -2.37. The number of carbonyl (C=O) groups excluding carboxylic acids is 1. The quantitative estimate of drug-likeness (QED) is 0.781. The van der Waals surface area contributed by atoms with E-state index in [-0.39, 0.29) is 11.2 Å². The van der Waals surface area contributed by atoms with Gasteiger partial charge in [-0.25, -0.2) is 0 Å². The van der Waals surface area contributed by atoms with Crippen molar-refractivity contribution in [3.63, 3.8) is 0 Å². The van der Waals surface area contributed by atoms with Gasteiger partial charge >= 0.3 is 0 Å². The van der Waals surface area contributed by atoms with Crippen LogP contribution in [0.25, 0.3) is 12.2 Å². The Morgan fingerprint density at radius 1 is 1.04 bits per heavy atom. The van der Waals surface area contributed by atoms with Gasteiger partial charge in [0, 0.05) is 48.8 Å². The zero-order valence-corrected chi connectivity index (χ0v) is 16.4. The maximum Gasteiger partial charge on any atom is 0.185 e. The molecule has 1 fully saturated rings. The molecule has 0 saturated heterocycles. The van der Waals surface area contributed by atoms with Gasteiger partial charge in [-0.05, 0) is 36.3 Å². The van der Waals surface area contributed by atoms with Crippen molar-refractivity contribution in [2.75, 3.05) is 0 Å². The van der Waals surface area contributed by atoms with Crippen LogP contribution in [-0.4, -0.2) is 25.3 Å². The van der Waals surface area contributed by atoms with Gasteiger partial charge in [0.2, 0.25) is 0 Å². The summed E-state index contributed by atoms with van der Waals surface area (Å²) in [5.41, 5.74) is 3.90. The van der Waals surface area contributed by atoms with Crippen molar-refractivity contribution in [3.8, 4) is 0 Å². The second-order valence-electron chi connectivity index (χ2n) is 8.01. The Kier molecular flexibility index (Phi) is 4.99. The molecule has 0 bridgehead atoms. The summed E-state index contributed by atoms with van der Waals surface area (Å²) in [4.78, 5) is 13.1. The van der Waals surface area contributed by atoms with Gasteiger partial charge in [0.25, 0.3) is 0 Å². The molecule has 0 aromatic carbocycles. The van der Waals surface area contributed by atoms with E-state index in [0.717, 1.165) is 41.5 Å². The summed E-state index contributed by atoms with van der Waals surface area (Å²) in [6.45, 7) is 6.83. The maximum absolute atomic E-state index is 13.1. The molecule has 3 rings (SSSR count). The van der Waals surface area contributed by atoms with E-state index in [4.69, 9.17) is 0 Å². The van der Waals surface area contributed by atoms with Crippen molar-refractivity contribution in [1.82, 2.24) is 19.6 Å². The monoisotopic (exact) mass is 352 g/mol. The Hall–Kier alpha value is -2.43. The molecule has 1 aliphatic rings. The lowest BCUT2D eigenvalue weighted by molar-refractivity contribution is -0.113. The van der Waals surface area contributed by atoms with E-state index in [2.05, 4.69) is 31.0 Å². The van der Waals surface area contributed by atoms with E-state index >= 15 is 0 Å².